The van der Waals surface area contributed by atoms with E-state index >= 15 is 0 Å². The summed E-state index contributed by atoms with van der Waals surface area (Å²) in [6.07, 6.45) is 6.56. The Morgan fingerprint density at radius 1 is 0.917 bits per heavy atom. The first-order chi connectivity index (χ1) is 5.00. The summed E-state index contributed by atoms with van der Waals surface area (Å²) in [4.78, 5) is 7.44. The van der Waals surface area contributed by atoms with Crippen LogP contribution in [0.1, 0.15) is 0 Å². The van der Waals surface area contributed by atoms with Crippen LogP contribution in [0.3, 0.4) is 0 Å². The van der Waals surface area contributed by atoms with Crippen LogP contribution < -0.4 is 0 Å². The molecule has 0 spiro atoms. The van der Waals surface area contributed by atoms with Gasteiger partial charge in [-0.05, 0) is 0 Å². The molecule has 0 fully saturated rings. The molecule has 0 saturated carbocycles. The molecule has 12 heavy (non-hydrogen) atoms. The molecule has 1 aromatic heterocycles. The molecule has 8 heteroatoms. The zero-order valence-electron chi connectivity index (χ0n) is 5.55. The fourth-order valence-electron chi connectivity index (χ4n) is 0.253. The largest absolute Gasteiger partial charge is 2.00 e. The average Bonchev–Trinajstić information content (AvgIpc) is 1.88. The second kappa shape index (κ2) is 7.14. The van der Waals surface area contributed by atoms with Crippen LogP contribution >= 0.6 is 0 Å². The molecule has 1 aromatic rings. The molecular weight excluding hydrogens is 236 g/mol. The molecule has 0 unspecified atom stereocenters. The van der Waals surface area contributed by atoms with Gasteiger partial charge in [0.15, 0.2) is 0 Å². The van der Waals surface area contributed by atoms with E-state index in [9.17, 15) is 0 Å². The molecule has 0 bridgehead atoms. The van der Waals surface area contributed by atoms with Crippen LogP contribution in [0.15, 0.2) is 24.8 Å². The van der Waals surface area contributed by atoms with E-state index in [0.717, 1.165) is 0 Å². The minimum absolute atomic E-state index is 0. The van der Waals surface area contributed by atoms with Crippen LogP contribution in [0.2, 0.25) is 0 Å². The molecular formula is C4H4CuN2O4S. The molecule has 0 aromatic carbocycles. The van der Waals surface area contributed by atoms with Crippen LogP contribution in [0.25, 0.3) is 0 Å². The Kier molecular flexibility index (Phi) is 8.34. The number of aromatic nitrogens is 2. The maximum absolute atomic E-state index is 8.52. The van der Waals surface area contributed by atoms with Gasteiger partial charge in [-0.3, -0.25) is 18.4 Å². The van der Waals surface area contributed by atoms with Gasteiger partial charge in [-0.1, -0.05) is 0 Å². The summed E-state index contributed by atoms with van der Waals surface area (Å²) in [6.45, 7) is 0. The summed E-state index contributed by atoms with van der Waals surface area (Å²) < 4.78 is 34.1. The third-order valence-corrected chi connectivity index (χ3v) is 0.478. The van der Waals surface area contributed by atoms with Gasteiger partial charge in [0.25, 0.3) is 0 Å². The van der Waals surface area contributed by atoms with Gasteiger partial charge < -0.3 is 9.11 Å². The molecule has 1 rings (SSSR count). The van der Waals surface area contributed by atoms with Crippen molar-refractivity contribution in [1.29, 1.82) is 0 Å². The van der Waals surface area contributed by atoms with Crippen molar-refractivity contribution < 1.29 is 34.6 Å². The predicted molar refractivity (Wildman–Crippen MR) is 32.5 cm³/mol. The normalized spacial score (nSPS) is 8.83. The molecule has 0 aliphatic heterocycles. The maximum Gasteiger partial charge on any atom is 2.00 e. The molecule has 0 aliphatic carbocycles. The summed E-state index contributed by atoms with van der Waals surface area (Å²) in [6, 6.07) is 0. The second-order valence-electron chi connectivity index (χ2n) is 1.30. The van der Waals surface area contributed by atoms with Crippen molar-refractivity contribution >= 4 is 10.4 Å². The van der Waals surface area contributed by atoms with Gasteiger partial charge in [-0.15, -0.1) is 0 Å². The van der Waals surface area contributed by atoms with E-state index < -0.39 is 10.4 Å². The quantitative estimate of drug-likeness (QED) is 0.331. The fourth-order valence-corrected chi connectivity index (χ4v) is 0.253. The van der Waals surface area contributed by atoms with Gasteiger partial charge in [-0.25, -0.2) is 0 Å². The molecule has 0 N–H and O–H groups in total. The van der Waals surface area contributed by atoms with Crippen molar-refractivity contribution in [1.82, 2.24) is 9.97 Å². The molecule has 6 nitrogen and oxygen atoms in total. The Hall–Kier alpha value is -0.531. The molecule has 0 saturated heterocycles. The van der Waals surface area contributed by atoms with Crippen LogP contribution in [-0.4, -0.2) is 27.5 Å². The molecule has 71 valence electrons. The number of nitrogens with zero attached hydrogens (tertiary/aromatic N) is 2. The third-order valence-electron chi connectivity index (χ3n) is 0.478. The molecule has 1 heterocycles. The first-order valence-electron chi connectivity index (χ1n) is 2.37. The Labute approximate surface area is 80.1 Å². The van der Waals surface area contributed by atoms with E-state index in [-0.39, 0.29) is 17.1 Å². The average molecular weight is 240 g/mol. The van der Waals surface area contributed by atoms with E-state index in [1.54, 1.807) is 24.8 Å². The van der Waals surface area contributed by atoms with Crippen molar-refractivity contribution in [3.63, 3.8) is 0 Å². The van der Waals surface area contributed by atoms with Gasteiger partial charge in [0, 0.05) is 35.2 Å². The Morgan fingerprint density at radius 2 is 1.08 bits per heavy atom. The Balaban J connectivity index is 0. The summed E-state index contributed by atoms with van der Waals surface area (Å²) in [5, 5.41) is 0. The number of rotatable bonds is 0. The van der Waals surface area contributed by atoms with Crippen molar-refractivity contribution in [2.24, 2.45) is 0 Å². The zero-order valence-corrected chi connectivity index (χ0v) is 7.30. The summed E-state index contributed by atoms with van der Waals surface area (Å²) in [5.41, 5.74) is 0. The third kappa shape index (κ3) is 22.7. The van der Waals surface area contributed by atoms with Gasteiger partial charge in [0.2, 0.25) is 0 Å². The Bertz CT molecular complexity index is 242. The standard InChI is InChI=1S/C4H4N2.Cu.H2O4S/c1-2-6-4-3-5-1;;1-5(2,3)4/h1-4H;;(H2,1,2,3,4)/q;+2;/p-2. The molecule has 0 atom stereocenters. The zero-order chi connectivity index (χ0) is 8.74. The van der Waals surface area contributed by atoms with Gasteiger partial charge in [-0.2, -0.15) is 0 Å². The number of hydrogen-bond acceptors (Lipinski definition) is 6. The SMILES string of the molecule is O=S(=O)([O-])[O-].[Cu+2].c1cnccn1. The minimum atomic E-state index is -5.17. The summed E-state index contributed by atoms with van der Waals surface area (Å²) in [5.74, 6) is 0. The molecule has 0 aliphatic rings. The predicted octanol–water partition coefficient (Wildman–Crippen LogP) is -0.864. The van der Waals surface area contributed by atoms with Crippen molar-refractivity contribution in [2.45, 2.75) is 0 Å². The van der Waals surface area contributed by atoms with Gasteiger partial charge >= 0.3 is 17.1 Å². The van der Waals surface area contributed by atoms with Gasteiger partial charge in [0.1, 0.15) is 0 Å². The molecule has 1 radical (unpaired) electrons. The van der Waals surface area contributed by atoms with E-state index in [0.29, 0.717) is 0 Å². The summed E-state index contributed by atoms with van der Waals surface area (Å²) >= 11 is 0. The first-order valence-corrected chi connectivity index (χ1v) is 3.70. The fraction of sp³-hybridized carbons (Fsp3) is 0. The smallest absolute Gasteiger partial charge is 0.759 e. The van der Waals surface area contributed by atoms with Crippen molar-refractivity contribution in [2.75, 3.05) is 0 Å². The van der Waals surface area contributed by atoms with E-state index in [4.69, 9.17) is 17.5 Å². The Morgan fingerprint density at radius 3 is 1.17 bits per heavy atom. The van der Waals surface area contributed by atoms with Crippen LogP contribution in [0.5, 0.6) is 0 Å². The van der Waals surface area contributed by atoms with E-state index in [2.05, 4.69) is 9.97 Å². The first kappa shape index (κ1) is 14.0. The van der Waals surface area contributed by atoms with Crippen LogP contribution in [-0.2, 0) is 27.5 Å². The van der Waals surface area contributed by atoms with Crippen molar-refractivity contribution in [3.8, 4) is 0 Å². The van der Waals surface area contributed by atoms with E-state index in [1.807, 2.05) is 0 Å². The van der Waals surface area contributed by atoms with Crippen molar-refractivity contribution in [3.05, 3.63) is 24.8 Å². The minimum Gasteiger partial charge on any atom is -0.759 e. The maximum atomic E-state index is 8.52. The van der Waals surface area contributed by atoms with E-state index in [1.165, 1.54) is 0 Å². The second-order valence-corrected chi connectivity index (χ2v) is 2.12. The summed E-state index contributed by atoms with van der Waals surface area (Å²) in [7, 11) is -5.17. The van der Waals surface area contributed by atoms with Crippen LogP contribution in [0, 0.1) is 0 Å². The molecule has 0 amide bonds. The van der Waals surface area contributed by atoms with Crippen LogP contribution in [0.4, 0.5) is 0 Å². The number of hydrogen-bond donors (Lipinski definition) is 0. The monoisotopic (exact) mass is 239 g/mol. The van der Waals surface area contributed by atoms with Gasteiger partial charge in [0.05, 0.1) is 0 Å². The topological polar surface area (TPSA) is 106 Å².